The maximum atomic E-state index is 12.4. The Labute approximate surface area is 129 Å². The van der Waals surface area contributed by atoms with Crippen molar-refractivity contribution in [1.29, 1.82) is 0 Å². The van der Waals surface area contributed by atoms with E-state index in [9.17, 15) is 9.59 Å². The van der Waals surface area contributed by atoms with Crippen LogP contribution in [0.2, 0.25) is 0 Å². The van der Waals surface area contributed by atoms with E-state index in [0.717, 1.165) is 11.3 Å². The Morgan fingerprint density at radius 2 is 1.95 bits per heavy atom. The molecule has 0 saturated carbocycles. The van der Waals surface area contributed by atoms with Gasteiger partial charge in [-0.25, -0.2) is 0 Å². The minimum Gasteiger partial charge on any atom is -0.497 e. The molecule has 0 bridgehead atoms. The molecule has 0 aliphatic carbocycles. The molecule has 2 aromatic rings. The third kappa shape index (κ3) is 3.55. The van der Waals surface area contributed by atoms with Gasteiger partial charge in [0.05, 0.1) is 7.11 Å². The van der Waals surface area contributed by atoms with Gasteiger partial charge in [-0.3, -0.25) is 9.59 Å². The molecular formula is C17H20N2O3. The summed E-state index contributed by atoms with van der Waals surface area (Å²) in [6, 6.07) is 10.9. The van der Waals surface area contributed by atoms with Crippen molar-refractivity contribution in [2.75, 3.05) is 14.2 Å². The number of rotatable bonds is 5. The first kappa shape index (κ1) is 15.8. The lowest BCUT2D eigenvalue weighted by Crippen LogP contribution is -2.38. The van der Waals surface area contributed by atoms with Crippen LogP contribution in [0.1, 0.15) is 22.8 Å². The quantitative estimate of drug-likeness (QED) is 0.919. The second kappa shape index (κ2) is 6.93. The van der Waals surface area contributed by atoms with Gasteiger partial charge in [-0.05, 0) is 43.2 Å². The molecule has 0 aliphatic heterocycles. The van der Waals surface area contributed by atoms with E-state index < -0.39 is 0 Å². The SMILES string of the molecule is COc1ccc(C[C@@H](C)N(C)C(=O)c2ccc[nH]c2=O)cc1. The summed E-state index contributed by atoms with van der Waals surface area (Å²) in [4.78, 5) is 28.2. The van der Waals surface area contributed by atoms with Gasteiger partial charge in [0.1, 0.15) is 11.3 Å². The maximum absolute atomic E-state index is 12.4. The van der Waals surface area contributed by atoms with Crippen LogP contribution in [0.5, 0.6) is 5.75 Å². The Bertz CT molecular complexity index is 692. The Morgan fingerprint density at radius 1 is 1.27 bits per heavy atom. The van der Waals surface area contributed by atoms with Crippen LogP contribution < -0.4 is 10.3 Å². The molecular weight excluding hydrogens is 280 g/mol. The number of pyridine rings is 1. The van der Waals surface area contributed by atoms with Crippen molar-refractivity contribution in [3.8, 4) is 5.75 Å². The number of nitrogens with one attached hydrogen (secondary N) is 1. The van der Waals surface area contributed by atoms with Crippen molar-refractivity contribution in [2.24, 2.45) is 0 Å². The van der Waals surface area contributed by atoms with Crippen LogP contribution in [0.25, 0.3) is 0 Å². The van der Waals surface area contributed by atoms with E-state index in [1.807, 2.05) is 31.2 Å². The normalized spacial score (nSPS) is 11.8. The summed E-state index contributed by atoms with van der Waals surface area (Å²) in [6.07, 6.45) is 2.22. The van der Waals surface area contributed by atoms with Crippen LogP contribution in [0, 0.1) is 0 Å². The number of nitrogens with zero attached hydrogens (tertiary/aromatic N) is 1. The van der Waals surface area contributed by atoms with E-state index in [-0.39, 0.29) is 23.1 Å². The summed E-state index contributed by atoms with van der Waals surface area (Å²) in [5.74, 6) is 0.527. The number of aromatic nitrogens is 1. The van der Waals surface area contributed by atoms with Crippen molar-refractivity contribution >= 4 is 5.91 Å². The third-order valence-corrected chi connectivity index (χ3v) is 3.72. The first-order valence-electron chi connectivity index (χ1n) is 7.10. The first-order chi connectivity index (χ1) is 10.5. The average Bonchev–Trinajstić information content (AvgIpc) is 2.54. The highest BCUT2D eigenvalue weighted by Crippen LogP contribution is 2.14. The van der Waals surface area contributed by atoms with E-state index in [1.54, 1.807) is 25.1 Å². The molecule has 2 rings (SSSR count). The van der Waals surface area contributed by atoms with Crippen molar-refractivity contribution < 1.29 is 9.53 Å². The molecule has 1 N–H and O–H groups in total. The van der Waals surface area contributed by atoms with Crippen LogP contribution in [0.3, 0.4) is 0 Å². The summed E-state index contributed by atoms with van der Waals surface area (Å²) >= 11 is 0. The molecule has 0 unspecified atom stereocenters. The molecule has 1 aromatic carbocycles. The minimum absolute atomic E-state index is 0.0273. The number of methoxy groups -OCH3 is 1. The predicted molar refractivity (Wildman–Crippen MR) is 85.3 cm³/mol. The Morgan fingerprint density at radius 3 is 2.55 bits per heavy atom. The fourth-order valence-corrected chi connectivity index (χ4v) is 2.22. The number of likely N-dealkylation sites (N-methyl/N-ethyl adjacent to an activating group) is 1. The number of amides is 1. The van der Waals surface area contributed by atoms with Crippen LogP contribution in [0.15, 0.2) is 47.4 Å². The fraction of sp³-hybridized carbons (Fsp3) is 0.294. The summed E-state index contributed by atoms with van der Waals surface area (Å²) < 4.78 is 5.13. The van der Waals surface area contributed by atoms with Crippen molar-refractivity contribution in [3.05, 3.63) is 64.1 Å². The van der Waals surface area contributed by atoms with E-state index in [1.165, 1.54) is 12.3 Å². The number of H-pyrrole nitrogens is 1. The molecule has 5 heteroatoms. The Kier molecular flexibility index (Phi) is 4.99. The van der Waals surface area contributed by atoms with Gasteiger partial charge < -0.3 is 14.6 Å². The molecule has 1 amide bonds. The van der Waals surface area contributed by atoms with Gasteiger partial charge in [-0.2, -0.15) is 0 Å². The molecule has 0 fully saturated rings. The van der Waals surface area contributed by atoms with E-state index in [4.69, 9.17) is 4.74 Å². The lowest BCUT2D eigenvalue weighted by molar-refractivity contribution is 0.0741. The molecule has 5 nitrogen and oxygen atoms in total. The number of hydrogen-bond donors (Lipinski definition) is 1. The average molecular weight is 300 g/mol. The summed E-state index contributed by atoms with van der Waals surface area (Å²) in [7, 11) is 3.34. The zero-order valence-corrected chi connectivity index (χ0v) is 13.0. The van der Waals surface area contributed by atoms with Crippen LogP contribution in [-0.2, 0) is 6.42 Å². The Hall–Kier alpha value is -2.56. The van der Waals surface area contributed by atoms with Gasteiger partial charge in [0.25, 0.3) is 11.5 Å². The monoisotopic (exact) mass is 300 g/mol. The van der Waals surface area contributed by atoms with Gasteiger partial charge in [-0.15, -0.1) is 0 Å². The highest BCUT2D eigenvalue weighted by molar-refractivity contribution is 5.93. The van der Waals surface area contributed by atoms with Gasteiger partial charge in [-0.1, -0.05) is 12.1 Å². The number of ether oxygens (including phenoxy) is 1. The lowest BCUT2D eigenvalue weighted by atomic mass is 10.1. The summed E-state index contributed by atoms with van der Waals surface area (Å²) in [5.41, 5.74) is 0.900. The van der Waals surface area contributed by atoms with E-state index in [0.29, 0.717) is 6.42 Å². The number of hydrogen-bond acceptors (Lipinski definition) is 3. The highest BCUT2D eigenvalue weighted by atomic mass is 16.5. The van der Waals surface area contributed by atoms with Gasteiger partial charge in [0.15, 0.2) is 0 Å². The van der Waals surface area contributed by atoms with Gasteiger partial charge >= 0.3 is 0 Å². The molecule has 1 heterocycles. The largest absolute Gasteiger partial charge is 0.497 e. The molecule has 0 saturated heterocycles. The van der Waals surface area contributed by atoms with Crippen LogP contribution >= 0.6 is 0 Å². The zero-order valence-electron chi connectivity index (χ0n) is 13.0. The van der Waals surface area contributed by atoms with Crippen LogP contribution in [0.4, 0.5) is 0 Å². The van der Waals surface area contributed by atoms with Crippen molar-refractivity contribution in [1.82, 2.24) is 9.88 Å². The maximum Gasteiger partial charge on any atom is 0.260 e. The zero-order chi connectivity index (χ0) is 16.1. The summed E-state index contributed by atoms with van der Waals surface area (Å²) in [6.45, 7) is 1.96. The minimum atomic E-state index is -0.365. The second-order valence-electron chi connectivity index (χ2n) is 5.23. The van der Waals surface area contributed by atoms with Crippen LogP contribution in [-0.4, -0.2) is 36.0 Å². The molecule has 22 heavy (non-hydrogen) atoms. The standard InChI is InChI=1S/C17H20N2O3/c1-12(11-13-6-8-14(22-3)9-7-13)19(2)17(21)15-5-4-10-18-16(15)20/h4-10,12H,11H2,1-3H3,(H,18,20)/t12-/m1/s1. The van der Waals surface area contributed by atoms with Crippen molar-refractivity contribution in [3.63, 3.8) is 0 Å². The molecule has 0 aliphatic rings. The van der Waals surface area contributed by atoms with E-state index in [2.05, 4.69) is 4.98 Å². The smallest absolute Gasteiger partial charge is 0.260 e. The number of benzene rings is 1. The van der Waals surface area contributed by atoms with Crippen molar-refractivity contribution in [2.45, 2.75) is 19.4 Å². The second-order valence-corrected chi connectivity index (χ2v) is 5.23. The third-order valence-electron chi connectivity index (χ3n) is 3.72. The molecule has 116 valence electrons. The highest BCUT2D eigenvalue weighted by Gasteiger charge is 2.19. The fourth-order valence-electron chi connectivity index (χ4n) is 2.22. The number of carbonyl (C=O) groups excluding carboxylic acids is 1. The molecule has 0 spiro atoms. The lowest BCUT2D eigenvalue weighted by Gasteiger charge is -2.25. The van der Waals surface area contributed by atoms with Gasteiger partial charge in [0.2, 0.25) is 0 Å². The predicted octanol–water partition coefficient (Wildman–Crippen LogP) is 2.09. The number of aromatic amines is 1. The molecule has 1 aromatic heterocycles. The van der Waals surface area contributed by atoms with E-state index >= 15 is 0 Å². The number of carbonyl (C=O) groups is 1. The van der Waals surface area contributed by atoms with Gasteiger partial charge in [0, 0.05) is 19.3 Å². The molecule has 1 atom stereocenters. The Balaban J connectivity index is 2.08. The summed E-state index contributed by atoms with van der Waals surface area (Å²) in [5, 5.41) is 0. The topological polar surface area (TPSA) is 62.4 Å². The first-order valence-corrected chi connectivity index (χ1v) is 7.10. The molecule has 0 radical (unpaired) electrons.